The highest BCUT2D eigenvalue weighted by Gasteiger charge is 2.29. The second-order valence-electron chi connectivity index (χ2n) is 5.38. The molecule has 0 fully saturated rings. The van der Waals surface area contributed by atoms with Crippen LogP contribution in [0.1, 0.15) is 19.4 Å². The zero-order valence-corrected chi connectivity index (χ0v) is 12.2. The van der Waals surface area contributed by atoms with Gasteiger partial charge in [-0.3, -0.25) is 4.79 Å². The number of ether oxygens (including phenoxy) is 1. The molecule has 0 saturated heterocycles. The van der Waals surface area contributed by atoms with E-state index in [0.717, 1.165) is 16.5 Å². The highest BCUT2D eigenvalue weighted by molar-refractivity contribution is 5.92. The molecule has 6 heteroatoms. The van der Waals surface area contributed by atoms with E-state index in [-0.39, 0.29) is 12.3 Å². The van der Waals surface area contributed by atoms with Gasteiger partial charge >= 0.3 is 5.97 Å². The summed E-state index contributed by atoms with van der Waals surface area (Å²) in [7, 11) is 1.58. The lowest BCUT2D eigenvalue weighted by molar-refractivity contribution is -0.145. The Morgan fingerprint density at radius 1 is 1.38 bits per heavy atom. The third kappa shape index (κ3) is 3.16. The van der Waals surface area contributed by atoms with Crippen LogP contribution in [0.4, 0.5) is 0 Å². The minimum atomic E-state index is -1.29. The first-order valence-corrected chi connectivity index (χ1v) is 6.52. The van der Waals surface area contributed by atoms with E-state index >= 15 is 0 Å². The van der Waals surface area contributed by atoms with Crippen molar-refractivity contribution in [1.29, 1.82) is 0 Å². The van der Waals surface area contributed by atoms with Crippen LogP contribution >= 0.6 is 0 Å². The van der Waals surface area contributed by atoms with Crippen LogP contribution in [0.5, 0.6) is 5.75 Å². The van der Waals surface area contributed by atoms with E-state index in [2.05, 4.69) is 10.3 Å². The molecule has 1 amide bonds. The average molecular weight is 290 g/mol. The number of carbonyl (C=O) groups excluding carboxylic acids is 1. The Hall–Kier alpha value is -2.50. The molecule has 6 nitrogen and oxygen atoms in total. The molecule has 0 aliphatic rings. The van der Waals surface area contributed by atoms with Crippen molar-refractivity contribution < 1.29 is 19.4 Å². The van der Waals surface area contributed by atoms with Crippen molar-refractivity contribution in [2.75, 3.05) is 7.11 Å². The van der Waals surface area contributed by atoms with Gasteiger partial charge in [0.15, 0.2) is 0 Å². The largest absolute Gasteiger partial charge is 0.497 e. The summed E-state index contributed by atoms with van der Waals surface area (Å²) < 4.78 is 5.17. The summed E-state index contributed by atoms with van der Waals surface area (Å²) in [6.45, 7) is 2.90. The second kappa shape index (κ2) is 5.47. The molecular weight excluding hydrogens is 272 g/mol. The third-order valence-corrected chi connectivity index (χ3v) is 3.31. The molecule has 1 heterocycles. The lowest BCUT2D eigenvalue weighted by Crippen LogP contribution is -2.50. The number of nitrogens with one attached hydrogen (secondary N) is 2. The van der Waals surface area contributed by atoms with Crippen LogP contribution in [-0.2, 0) is 16.0 Å². The van der Waals surface area contributed by atoms with E-state index in [9.17, 15) is 9.59 Å². The monoisotopic (exact) mass is 290 g/mol. The van der Waals surface area contributed by atoms with Crippen LogP contribution in [-0.4, -0.2) is 34.6 Å². The second-order valence-corrected chi connectivity index (χ2v) is 5.38. The number of carboxylic acid groups (broad SMARTS) is 1. The minimum absolute atomic E-state index is 0.101. The summed E-state index contributed by atoms with van der Waals surface area (Å²) in [4.78, 5) is 26.1. The molecule has 0 spiro atoms. The van der Waals surface area contributed by atoms with Crippen LogP contribution in [0.25, 0.3) is 10.9 Å². The standard InChI is InChI=1S/C15H18N2O4/c1-15(2,14(19)20)17-13(18)6-9-8-16-12-5-4-10(21-3)7-11(9)12/h4-5,7-8,16H,6H2,1-3H3,(H,17,18)(H,19,20). The molecular formula is C15H18N2O4. The van der Waals surface area contributed by atoms with Crippen LogP contribution in [0, 0.1) is 0 Å². The fraction of sp³-hybridized carbons (Fsp3) is 0.333. The molecule has 0 unspecified atom stereocenters. The Morgan fingerprint density at radius 3 is 2.71 bits per heavy atom. The van der Waals surface area contributed by atoms with Gasteiger partial charge in [0.25, 0.3) is 0 Å². The van der Waals surface area contributed by atoms with Crippen molar-refractivity contribution in [2.45, 2.75) is 25.8 Å². The van der Waals surface area contributed by atoms with Gasteiger partial charge in [-0.2, -0.15) is 0 Å². The summed E-state index contributed by atoms with van der Waals surface area (Å²) >= 11 is 0. The number of amides is 1. The lowest BCUT2D eigenvalue weighted by Gasteiger charge is -2.20. The number of hydrogen-bond donors (Lipinski definition) is 3. The molecule has 2 aromatic rings. The molecule has 1 aromatic heterocycles. The molecule has 112 valence electrons. The zero-order valence-electron chi connectivity index (χ0n) is 12.2. The van der Waals surface area contributed by atoms with E-state index in [1.165, 1.54) is 13.8 Å². The summed E-state index contributed by atoms with van der Waals surface area (Å²) in [5.41, 5.74) is 0.402. The molecule has 0 aliphatic carbocycles. The highest BCUT2D eigenvalue weighted by atomic mass is 16.5. The van der Waals surface area contributed by atoms with E-state index in [4.69, 9.17) is 9.84 Å². The number of rotatable bonds is 5. The van der Waals surface area contributed by atoms with Gasteiger partial charge in [0, 0.05) is 17.1 Å². The van der Waals surface area contributed by atoms with Crippen LogP contribution in [0.2, 0.25) is 0 Å². The molecule has 2 rings (SSSR count). The number of H-pyrrole nitrogens is 1. The maximum atomic E-state index is 12.0. The van der Waals surface area contributed by atoms with Gasteiger partial charge in [0.2, 0.25) is 5.91 Å². The molecule has 1 aromatic carbocycles. The van der Waals surface area contributed by atoms with Gasteiger partial charge in [-0.25, -0.2) is 4.79 Å². The first-order chi connectivity index (χ1) is 9.83. The zero-order chi connectivity index (χ0) is 15.6. The topological polar surface area (TPSA) is 91.4 Å². The van der Waals surface area contributed by atoms with E-state index in [1.54, 1.807) is 13.3 Å². The summed E-state index contributed by atoms with van der Waals surface area (Å²) in [6.07, 6.45) is 1.85. The maximum absolute atomic E-state index is 12.0. The van der Waals surface area contributed by atoms with Crippen molar-refractivity contribution in [3.8, 4) is 5.75 Å². The maximum Gasteiger partial charge on any atom is 0.328 e. The number of carbonyl (C=O) groups is 2. The minimum Gasteiger partial charge on any atom is -0.497 e. The van der Waals surface area contributed by atoms with Crippen molar-refractivity contribution in [2.24, 2.45) is 0 Å². The quantitative estimate of drug-likeness (QED) is 0.781. The van der Waals surface area contributed by atoms with Crippen LogP contribution in [0.15, 0.2) is 24.4 Å². The smallest absolute Gasteiger partial charge is 0.328 e. The summed E-state index contributed by atoms with van der Waals surface area (Å²) in [6, 6.07) is 5.55. The molecule has 0 atom stereocenters. The molecule has 0 bridgehead atoms. The molecule has 21 heavy (non-hydrogen) atoms. The van der Waals surface area contributed by atoms with Crippen molar-refractivity contribution in [1.82, 2.24) is 10.3 Å². The average Bonchev–Trinajstić information content (AvgIpc) is 2.80. The molecule has 3 N–H and O–H groups in total. The van der Waals surface area contributed by atoms with E-state index in [0.29, 0.717) is 5.75 Å². The normalized spacial score (nSPS) is 11.4. The predicted molar refractivity (Wildman–Crippen MR) is 78.4 cm³/mol. The first-order valence-electron chi connectivity index (χ1n) is 6.52. The van der Waals surface area contributed by atoms with Crippen molar-refractivity contribution in [3.05, 3.63) is 30.0 Å². The summed E-state index contributed by atoms with van der Waals surface area (Å²) in [5.74, 6) is -0.711. The van der Waals surface area contributed by atoms with Crippen molar-refractivity contribution in [3.63, 3.8) is 0 Å². The summed E-state index contributed by atoms with van der Waals surface area (Å²) in [5, 5.41) is 12.4. The molecule has 0 aliphatic heterocycles. The fourth-order valence-electron chi connectivity index (χ4n) is 2.05. The number of fused-ring (bicyclic) bond motifs is 1. The van der Waals surface area contributed by atoms with Gasteiger partial charge in [0.05, 0.1) is 13.5 Å². The number of aromatic amines is 1. The first kappa shape index (κ1) is 14.9. The van der Waals surface area contributed by atoms with Gasteiger partial charge in [-0.15, -0.1) is 0 Å². The Kier molecular flexibility index (Phi) is 3.88. The Morgan fingerprint density at radius 2 is 2.10 bits per heavy atom. The Labute approximate surface area is 122 Å². The van der Waals surface area contributed by atoms with Gasteiger partial charge < -0.3 is 20.1 Å². The van der Waals surface area contributed by atoms with Gasteiger partial charge in [-0.05, 0) is 37.6 Å². The lowest BCUT2D eigenvalue weighted by atomic mass is 10.0. The SMILES string of the molecule is COc1ccc2[nH]cc(CC(=O)NC(C)(C)C(=O)O)c2c1. The number of carboxylic acids is 1. The van der Waals surface area contributed by atoms with Crippen LogP contribution < -0.4 is 10.1 Å². The Balaban J connectivity index is 2.20. The number of benzene rings is 1. The van der Waals surface area contributed by atoms with Crippen LogP contribution in [0.3, 0.4) is 0 Å². The molecule has 0 radical (unpaired) electrons. The number of aliphatic carboxylic acids is 1. The van der Waals surface area contributed by atoms with Gasteiger partial charge in [-0.1, -0.05) is 0 Å². The third-order valence-electron chi connectivity index (χ3n) is 3.31. The van der Waals surface area contributed by atoms with Crippen molar-refractivity contribution >= 4 is 22.8 Å². The molecule has 0 saturated carbocycles. The van der Waals surface area contributed by atoms with Gasteiger partial charge in [0.1, 0.15) is 11.3 Å². The number of methoxy groups -OCH3 is 1. The Bertz CT molecular complexity index is 688. The number of aromatic nitrogens is 1. The highest BCUT2D eigenvalue weighted by Crippen LogP contribution is 2.24. The fourth-order valence-corrected chi connectivity index (χ4v) is 2.05. The van der Waals surface area contributed by atoms with E-state index < -0.39 is 11.5 Å². The van der Waals surface area contributed by atoms with E-state index in [1.807, 2.05) is 18.2 Å². The number of hydrogen-bond acceptors (Lipinski definition) is 3. The predicted octanol–water partition coefficient (Wildman–Crippen LogP) is 1.70.